The van der Waals surface area contributed by atoms with Gasteiger partial charge in [-0.25, -0.2) is 0 Å². The van der Waals surface area contributed by atoms with Gasteiger partial charge in [-0.2, -0.15) is 0 Å². The highest BCUT2D eigenvalue weighted by molar-refractivity contribution is 5.97. The number of Topliss-reactive ketones (excluding diaryl/α,β-unsaturated/α-hetero) is 1. The number of rotatable bonds is 9. The summed E-state index contributed by atoms with van der Waals surface area (Å²) in [5, 5.41) is 0. The van der Waals surface area contributed by atoms with Gasteiger partial charge in [0.2, 0.25) is 0 Å². The zero-order valence-corrected chi connectivity index (χ0v) is 17.3. The highest BCUT2D eigenvalue weighted by Gasteiger charge is 2.32. The van der Waals surface area contributed by atoms with Crippen LogP contribution in [0.3, 0.4) is 0 Å². The summed E-state index contributed by atoms with van der Waals surface area (Å²) in [7, 11) is 4.10. The predicted molar refractivity (Wildman–Crippen MR) is 113 cm³/mol. The van der Waals surface area contributed by atoms with E-state index in [0.29, 0.717) is 12.2 Å². The number of carbonyl (C=O) groups is 1. The molecule has 3 nitrogen and oxygen atoms in total. The molecule has 0 radical (unpaired) electrons. The van der Waals surface area contributed by atoms with Crippen molar-refractivity contribution in [1.82, 2.24) is 0 Å². The van der Waals surface area contributed by atoms with E-state index in [1.807, 2.05) is 0 Å². The Hall–Kier alpha value is -1.77. The monoisotopic (exact) mass is 356 g/mol. The Morgan fingerprint density at radius 1 is 1.08 bits per heavy atom. The van der Waals surface area contributed by atoms with Gasteiger partial charge in [0.15, 0.2) is 5.78 Å². The van der Waals surface area contributed by atoms with Gasteiger partial charge in [0.1, 0.15) is 0 Å². The molecule has 0 N–H and O–H groups in total. The van der Waals surface area contributed by atoms with Crippen LogP contribution in [0.5, 0.6) is 0 Å². The molecule has 0 amide bonds. The van der Waals surface area contributed by atoms with E-state index in [1.165, 1.54) is 37.1 Å². The highest BCUT2D eigenvalue weighted by Crippen LogP contribution is 2.37. The maximum Gasteiger partial charge on any atom is 0.160 e. The maximum absolute atomic E-state index is 12.9. The van der Waals surface area contributed by atoms with Crippen LogP contribution in [0.1, 0.15) is 65.7 Å². The molecular weight excluding hydrogens is 320 g/mol. The molecule has 0 aliphatic carbocycles. The van der Waals surface area contributed by atoms with Crippen molar-refractivity contribution in [1.29, 1.82) is 0 Å². The quantitative estimate of drug-likeness (QED) is 0.522. The summed E-state index contributed by atoms with van der Waals surface area (Å²) in [6, 6.07) is 8.57. The van der Waals surface area contributed by atoms with Gasteiger partial charge in [0.25, 0.3) is 0 Å². The minimum Gasteiger partial charge on any atom is -0.378 e. The maximum atomic E-state index is 12.9. The number of allylic oxidation sites excluding steroid dienone is 1. The summed E-state index contributed by atoms with van der Waals surface area (Å²) in [5.74, 6) is 0.334. The van der Waals surface area contributed by atoms with Gasteiger partial charge in [-0.15, -0.1) is 0 Å². The predicted octanol–water partition coefficient (Wildman–Crippen LogP) is 5.80. The molecule has 1 heterocycles. The van der Waals surface area contributed by atoms with Crippen LogP contribution >= 0.6 is 0 Å². The first-order valence-electron chi connectivity index (χ1n) is 10.1. The lowest BCUT2D eigenvalue weighted by atomic mass is 9.76. The molecule has 0 unspecified atom stereocenters. The number of benzene rings is 1. The van der Waals surface area contributed by atoms with E-state index < -0.39 is 0 Å². The van der Waals surface area contributed by atoms with E-state index >= 15 is 0 Å². The van der Waals surface area contributed by atoms with Crippen LogP contribution < -0.4 is 9.80 Å². The van der Waals surface area contributed by atoms with E-state index in [1.54, 1.807) is 0 Å². The Labute approximate surface area is 160 Å². The third-order valence-electron chi connectivity index (χ3n) is 5.50. The van der Waals surface area contributed by atoms with Crippen molar-refractivity contribution in [3.05, 3.63) is 36.0 Å². The minimum absolute atomic E-state index is 0.0272. The fourth-order valence-corrected chi connectivity index (χ4v) is 3.55. The molecule has 0 saturated carbocycles. The Morgan fingerprint density at radius 3 is 2.35 bits per heavy atom. The standard InChI is InChI=1S/C23H36N2O/c1-6-7-8-9-10-11-22(26)21-18-25(17-16-23(21,2)3)20-14-12-19(13-15-20)24(4)5/h12-15,18H,6-11,16-17H2,1-5H3. The molecule has 144 valence electrons. The van der Waals surface area contributed by atoms with Gasteiger partial charge >= 0.3 is 0 Å². The summed E-state index contributed by atoms with van der Waals surface area (Å²) in [6.45, 7) is 7.60. The minimum atomic E-state index is -0.0272. The molecule has 0 spiro atoms. The second-order valence-electron chi connectivity index (χ2n) is 8.37. The van der Waals surface area contributed by atoms with Crippen molar-refractivity contribution in [2.24, 2.45) is 5.41 Å². The highest BCUT2D eigenvalue weighted by atomic mass is 16.1. The lowest BCUT2D eigenvalue weighted by Crippen LogP contribution is -2.35. The van der Waals surface area contributed by atoms with Crippen molar-refractivity contribution in [3.63, 3.8) is 0 Å². The van der Waals surface area contributed by atoms with Crippen LogP contribution in [0, 0.1) is 5.41 Å². The van der Waals surface area contributed by atoms with Crippen LogP contribution in [-0.4, -0.2) is 26.4 Å². The van der Waals surface area contributed by atoms with E-state index in [4.69, 9.17) is 0 Å². The first kappa shape index (κ1) is 20.5. The number of hydrogen-bond acceptors (Lipinski definition) is 3. The van der Waals surface area contributed by atoms with Crippen LogP contribution in [0.2, 0.25) is 0 Å². The molecule has 1 aromatic carbocycles. The van der Waals surface area contributed by atoms with E-state index in [-0.39, 0.29) is 5.41 Å². The van der Waals surface area contributed by atoms with E-state index in [0.717, 1.165) is 25.0 Å². The number of ketones is 1. The fourth-order valence-electron chi connectivity index (χ4n) is 3.55. The second kappa shape index (κ2) is 9.25. The molecule has 3 heteroatoms. The average Bonchev–Trinajstić information content (AvgIpc) is 2.61. The summed E-state index contributed by atoms with van der Waals surface area (Å²) >= 11 is 0. The van der Waals surface area contributed by atoms with Gasteiger partial charge < -0.3 is 9.80 Å². The molecule has 0 aromatic heterocycles. The lowest BCUT2D eigenvalue weighted by molar-refractivity contribution is -0.116. The smallest absolute Gasteiger partial charge is 0.160 e. The zero-order chi connectivity index (χ0) is 19.2. The Morgan fingerprint density at radius 2 is 1.73 bits per heavy atom. The van der Waals surface area contributed by atoms with Crippen molar-refractivity contribution >= 4 is 17.2 Å². The number of nitrogens with zero attached hydrogens (tertiary/aromatic N) is 2. The molecule has 0 bridgehead atoms. The Balaban J connectivity index is 2.08. The molecule has 0 fully saturated rings. The lowest BCUT2D eigenvalue weighted by Gasteiger charge is -2.37. The normalized spacial score (nSPS) is 16.3. The van der Waals surface area contributed by atoms with Crippen molar-refractivity contribution in [2.45, 2.75) is 65.7 Å². The molecule has 1 aliphatic rings. The van der Waals surface area contributed by atoms with Crippen LogP contribution in [0.25, 0.3) is 0 Å². The van der Waals surface area contributed by atoms with Gasteiger partial charge in [0.05, 0.1) is 0 Å². The Bertz CT molecular complexity index is 614. The molecule has 1 aromatic rings. The van der Waals surface area contributed by atoms with Crippen LogP contribution in [0.4, 0.5) is 11.4 Å². The molecule has 2 rings (SSSR count). The zero-order valence-electron chi connectivity index (χ0n) is 17.3. The number of hydrogen-bond donors (Lipinski definition) is 0. The van der Waals surface area contributed by atoms with Gasteiger partial charge in [-0.1, -0.05) is 46.5 Å². The molecular formula is C23H36N2O. The van der Waals surface area contributed by atoms with Crippen molar-refractivity contribution in [3.8, 4) is 0 Å². The largest absolute Gasteiger partial charge is 0.378 e. The summed E-state index contributed by atoms with van der Waals surface area (Å²) in [5.41, 5.74) is 3.33. The molecule has 0 saturated heterocycles. The Kier molecular flexibility index (Phi) is 7.31. The second-order valence-corrected chi connectivity index (χ2v) is 8.37. The first-order chi connectivity index (χ1) is 12.3. The molecule has 0 atom stereocenters. The molecule has 1 aliphatic heterocycles. The fraction of sp³-hybridized carbons (Fsp3) is 0.609. The van der Waals surface area contributed by atoms with Gasteiger partial charge in [-0.3, -0.25) is 4.79 Å². The summed E-state index contributed by atoms with van der Waals surface area (Å²) < 4.78 is 0. The van der Waals surface area contributed by atoms with Gasteiger partial charge in [-0.05, 0) is 42.5 Å². The number of anilines is 2. The summed E-state index contributed by atoms with van der Waals surface area (Å²) in [4.78, 5) is 17.2. The van der Waals surface area contributed by atoms with Crippen molar-refractivity contribution < 1.29 is 4.79 Å². The number of unbranched alkanes of at least 4 members (excludes halogenated alkanes) is 4. The van der Waals surface area contributed by atoms with E-state index in [2.05, 4.69) is 75.1 Å². The topological polar surface area (TPSA) is 23.6 Å². The average molecular weight is 357 g/mol. The molecule has 26 heavy (non-hydrogen) atoms. The van der Waals surface area contributed by atoms with Gasteiger partial charge in [0, 0.05) is 50.2 Å². The summed E-state index contributed by atoms with van der Waals surface area (Å²) in [6.07, 6.45) is 9.76. The van der Waals surface area contributed by atoms with Crippen LogP contribution in [0.15, 0.2) is 36.0 Å². The SMILES string of the molecule is CCCCCCCC(=O)C1=CN(c2ccc(N(C)C)cc2)CCC1(C)C. The van der Waals surface area contributed by atoms with Crippen LogP contribution in [-0.2, 0) is 4.79 Å². The van der Waals surface area contributed by atoms with E-state index in [9.17, 15) is 4.79 Å². The third kappa shape index (κ3) is 5.36. The third-order valence-corrected chi connectivity index (χ3v) is 5.50. The van der Waals surface area contributed by atoms with Crippen molar-refractivity contribution in [2.75, 3.05) is 30.4 Å². The first-order valence-corrected chi connectivity index (χ1v) is 10.1. The number of carbonyl (C=O) groups excluding carboxylic acids is 1.